The van der Waals surface area contributed by atoms with Crippen molar-refractivity contribution in [3.8, 4) is 5.75 Å². The minimum absolute atomic E-state index is 0.453. The summed E-state index contributed by atoms with van der Waals surface area (Å²) in [6.45, 7) is 3.89. The molecule has 114 valence electrons. The molecule has 0 aliphatic rings. The summed E-state index contributed by atoms with van der Waals surface area (Å²) in [5, 5.41) is 10.7. The zero-order chi connectivity index (χ0) is 15.1. The van der Waals surface area contributed by atoms with Crippen molar-refractivity contribution in [1.82, 2.24) is 9.55 Å². The minimum atomic E-state index is -0.752. The van der Waals surface area contributed by atoms with Gasteiger partial charge >= 0.3 is 0 Å². The van der Waals surface area contributed by atoms with E-state index in [1.54, 1.807) is 19.6 Å². The van der Waals surface area contributed by atoms with E-state index >= 15 is 0 Å². The van der Waals surface area contributed by atoms with E-state index in [0.717, 1.165) is 24.2 Å². The number of para-hydroxylation sites is 1. The van der Waals surface area contributed by atoms with E-state index in [1.165, 1.54) is 0 Å². The van der Waals surface area contributed by atoms with Crippen LogP contribution in [0.15, 0.2) is 36.8 Å². The molecule has 1 aromatic carbocycles. The molecule has 0 saturated carbocycles. The lowest BCUT2D eigenvalue weighted by Gasteiger charge is -2.17. The molecular weight excluding hydrogens is 268 g/mol. The number of hydrogen-bond donors (Lipinski definition) is 1. The third-order valence-electron chi connectivity index (χ3n) is 3.25. The van der Waals surface area contributed by atoms with E-state index < -0.39 is 6.10 Å². The first-order chi connectivity index (χ1) is 10.3. The van der Waals surface area contributed by atoms with Crippen LogP contribution in [-0.4, -0.2) is 35.0 Å². The van der Waals surface area contributed by atoms with Gasteiger partial charge in [-0.25, -0.2) is 4.98 Å². The molecule has 1 N–H and O–H groups in total. The largest absolute Gasteiger partial charge is 0.491 e. The van der Waals surface area contributed by atoms with E-state index in [0.29, 0.717) is 19.0 Å². The first-order valence-corrected chi connectivity index (χ1v) is 7.16. The standard InChI is InChI=1S/C16H22N2O3/c1-3-8-18-12-17-11-14(18)16(19)13-6-4-5-7-15(13)21-10-9-20-2/h4-7,11-12,16,19H,3,8-10H2,1-2H3. The summed E-state index contributed by atoms with van der Waals surface area (Å²) < 4.78 is 12.6. The molecular formula is C16H22N2O3. The number of aliphatic hydroxyl groups excluding tert-OH is 1. The summed E-state index contributed by atoms with van der Waals surface area (Å²) in [5.74, 6) is 0.672. The highest BCUT2D eigenvalue weighted by molar-refractivity contribution is 5.38. The SMILES string of the molecule is CCCn1cncc1C(O)c1ccccc1OCCOC. The Kier molecular flexibility index (Phi) is 5.78. The highest BCUT2D eigenvalue weighted by Crippen LogP contribution is 2.29. The number of aromatic nitrogens is 2. The second-order valence-electron chi connectivity index (χ2n) is 4.79. The van der Waals surface area contributed by atoms with Gasteiger partial charge < -0.3 is 19.1 Å². The highest BCUT2D eigenvalue weighted by Gasteiger charge is 2.18. The van der Waals surface area contributed by atoms with Crippen molar-refractivity contribution in [2.24, 2.45) is 0 Å². The number of hydrogen-bond acceptors (Lipinski definition) is 4. The Bertz CT molecular complexity index is 554. The van der Waals surface area contributed by atoms with Crippen LogP contribution in [-0.2, 0) is 11.3 Å². The van der Waals surface area contributed by atoms with Crippen LogP contribution >= 0.6 is 0 Å². The van der Waals surface area contributed by atoms with Crippen LogP contribution in [0, 0.1) is 0 Å². The molecule has 0 aliphatic carbocycles. The van der Waals surface area contributed by atoms with E-state index in [9.17, 15) is 5.11 Å². The van der Waals surface area contributed by atoms with Crippen molar-refractivity contribution in [1.29, 1.82) is 0 Å². The zero-order valence-corrected chi connectivity index (χ0v) is 12.5. The summed E-state index contributed by atoms with van der Waals surface area (Å²) in [4.78, 5) is 4.13. The van der Waals surface area contributed by atoms with Gasteiger partial charge in [0.15, 0.2) is 0 Å². The molecule has 5 nitrogen and oxygen atoms in total. The number of aryl methyl sites for hydroxylation is 1. The Morgan fingerprint density at radius 3 is 2.86 bits per heavy atom. The molecule has 1 unspecified atom stereocenters. The molecule has 1 atom stereocenters. The summed E-state index contributed by atoms with van der Waals surface area (Å²) in [5.41, 5.74) is 1.52. The van der Waals surface area contributed by atoms with Crippen LogP contribution in [0.4, 0.5) is 0 Å². The lowest BCUT2D eigenvalue weighted by Crippen LogP contribution is -2.11. The normalized spacial score (nSPS) is 12.3. The van der Waals surface area contributed by atoms with Crippen LogP contribution < -0.4 is 4.74 Å². The number of aliphatic hydroxyl groups is 1. The van der Waals surface area contributed by atoms with Gasteiger partial charge in [0, 0.05) is 19.2 Å². The van der Waals surface area contributed by atoms with Crippen molar-refractivity contribution >= 4 is 0 Å². The molecule has 0 spiro atoms. The number of rotatable bonds is 8. The van der Waals surface area contributed by atoms with Gasteiger partial charge in [-0.3, -0.25) is 0 Å². The summed E-state index contributed by atoms with van der Waals surface area (Å²) in [6, 6.07) is 7.51. The predicted molar refractivity (Wildman–Crippen MR) is 80.4 cm³/mol. The van der Waals surface area contributed by atoms with E-state index in [-0.39, 0.29) is 0 Å². The Morgan fingerprint density at radius 2 is 2.10 bits per heavy atom. The average molecular weight is 290 g/mol. The molecule has 2 rings (SSSR count). The average Bonchev–Trinajstić information content (AvgIpc) is 2.96. The minimum Gasteiger partial charge on any atom is -0.491 e. The highest BCUT2D eigenvalue weighted by atomic mass is 16.5. The molecule has 0 fully saturated rings. The van der Waals surface area contributed by atoms with Gasteiger partial charge in [-0.2, -0.15) is 0 Å². The van der Waals surface area contributed by atoms with Crippen molar-refractivity contribution in [2.75, 3.05) is 20.3 Å². The second-order valence-corrected chi connectivity index (χ2v) is 4.79. The van der Waals surface area contributed by atoms with Gasteiger partial charge in [0.25, 0.3) is 0 Å². The van der Waals surface area contributed by atoms with Crippen LogP contribution in [0.25, 0.3) is 0 Å². The van der Waals surface area contributed by atoms with Gasteiger partial charge in [0.1, 0.15) is 18.5 Å². The topological polar surface area (TPSA) is 56.5 Å². The number of benzene rings is 1. The Labute approximate surface area is 125 Å². The summed E-state index contributed by atoms with van der Waals surface area (Å²) >= 11 is 0. The first-order valence-electron chi connectivity index (χ1n) is 7.16. The Balaban J connectivity index is 2.21. The fourth-order valence-corrected chi connectivity index (χ4v) is 2.22. The Morgan fingerprint density at radius 1 is 1.29 bits per heavy atom. The predicted octanol–water partition coefficient (Wildman–Crippen LogP) is 2.40. The molecule has 2 aromatic rings. The molecule has 0 radical (unpaired) electrons. The maximum absolute atomic E-state index is 10.7. The fourth-order valence-electron chi connectivity index (χ4n) is 2.22. The second kappa shape index (κ2) is 7.81. The molecule has 5 heteroatoms. The van der Waals surface area contributed by atoms with Crippen molar-refractivity contribution in [2.45, 2.75) is 26.0 Å². The third-order valence-corrected chi connectivity index (χ3v) is 3.25. The lowest BCUT2D eigenvalue weighted by molar-refractivity contribution is 0.142. The maximum Gasteiger partial charge on any atom is 0.125 e. The summed E-state index contributed by atoms with van der Waals surface area (Å²) in [6.07, 6.45) is 3.68. The number of imidazole rings is 1. The van der Waals surface area contributed by atoms with Crippen LogP contribution in [0.2, 0.25) is 0 Å². The van der Waals surface area contributed by atoms with Gasteiger partial charge in [-0.15, -0.1) is 0 Å². The van der Waals surface area contributed by atoms with E-state index in [4.69, 9.17) is 9.47 Å². The third kappa shape index (κ3) is 3.83. The quantitative estimate of drug-likeness (QED) is 0.759. The molecule has 0 bridgehead atoms. The van der Waals surface area contributed by atoms with Crippen LogP contribution in [0.5, 0.6) is 5.75 Å². The molecule has 21 heavy (non-hydrogen) atoms. The van der Waals surface area contributed by atoms with Crippen molar-refractivity contribution in [3.63, 3.8) is 0 Å². The van der Waals surface area contributed by atoms with Crippen molar-refractivity contribution < 1.29 is 14.6 Å². The van der Waals surface area contributed by atoms with Gasteiger partial charge in [0.05, 0.1) is 24.8 Å². The fraction of sp³-hybridized carbons (Fsp3) is 0.438. The number of methoxy groups -OCH3 is 1. The Hall–Kier alpha value is -1.85. The molecule has 0 amide bonds. The zero-order valence-electron chi connectivity index (χ0n) is 12.5. The lowest BCUT2D eigenvalue weighted by atomic mass is 10.1. The van der Waals surface area contributed by atoms with Gasteiger partial charge in [0.2, 0.25) is 0 Å². The molecule has 1 aromatic heterocycles. The first kappa shape index (κ1) is 15.5. The van der Waals surface area contributed by atoms with Crippen LogP contribution in [0.1, 0.15) is 30.7 Å². The maximum atomic E-state index is 10.7. The molecule has 1 heterocycles. The van der Waals surface area contributed by atoms with E-state index in [1.807, 2.05) is 28.8 Å². The molecule has 0 saturated heterocycles. The van der Waals surface area contributed by atoms with Crippen molar-refractivity contribution in [3.05, 3.63) is 48.0 Å². The van der Waals surface area contributed by atoms with Gasteiger partial charge in [-0.05, 0) is 12.5 Å². The smallest absolute Gasteiger partial charge is 0.125 e. The number of nitrogens with zero attached hydrogens (tertiary/aromatic N) is 2. The van der Waals surface area contributed by atoms with E-state index in [2.05, 4.69) is 11.9 Å². The molecule has 0 aliphatic heterocycles. The number of ether oxygens (including phenoxy) is 2. The summed E-state index contributed by atoms with van der Waals surface area (Å²) in [7, 11) is 1.63. The monoisotopic (exact) mass is 290 g/mol. The van der Waals surface area contributed by atoms with Gasteiger partial charge in [-0.1, -0.05) is 25.1 Å². The van der Waals surface area contributed by atoms with Crippen LogP contribution in [0.3, 0.4) is 0 Å².